The van der Waals surface area contributed by atoms with Crippen molar-refractivity contribution in [2.24, 2.45) is 0 Å². The van der Waals surface area contributed by atoms with Gasteiger partial charge in [0, 0.05) is 36.1 Å². The van der Waals surface area contributed by atoms with E-state index in [9.17, 15) is 18.0 Å². The van der Waals surface area contributed by atoms with Gasteiger partial charge in [-0.25, -0.2) is 8.42 Å². The summed E-state index contributed by atoms with van der Waals surface area (Å²) < 4.78 is 26.3. The lowest BCUT2D eigenvalue weighted by atomic mass is 10.1. The monoisotopic (exact) mass is 555 g/mol. The summed E-state index contributed by atoms with van der Waals surface area (Å²) in [7, 11) is -3.60. The van der Waals surface area contributed by atoms with Gasteiger partial charge in [-0.15, -0.1) is 0 Å². The lowest BCUT2D eigenvalue weighted by Gasteiger charge is -2.29. The summed E-state index contributed by atoms with van der Waals surface area (Å²) in [5, 5.41) is 3.89. The summed E-state index contributed by atoms with van der Waals surface area (Å²) in [6.07, 6.45) is 3.27. The van der Waals surface area contributed by atoms with Crippen LogP contribution in [0.2, 0.25) is 10.0 Å². The third-order valence-electron chi connectivity index (χ3n) is 5.90. The minimum absolute atomic E-state index is 0.0682. The maximum absolute atomic E-state index is 13.3. The second-order valence-electron chi connectivity index (χ2n) is 8.79. The standard InChI is InChI=1S/C26H35Cl2N3O4S/c1-5-6-15-29-26(33)20(3)30(18-21-10-7-11-22(27)17-21)25(32)14-9-16-31(36(4,34)35)24-13-8-12-23(28)19(24)2/h7-8,10-13,17,20H,5-6,9,14-16,18H2,1-4H3,(H,29,33)/t20-/m0/s1. The van der Waals surface area contributed by atoms with Crippen LogP contribution in [-0.4, -0.2) is 50.5 Å². The van der Waals surface area contributed by atoms with Gasteiger partial charge in [0.05, 0.1) is 11.9 Å². The van der Waals surface area contributed by atoms with Crippen LogP contribution in [-0.2, 0) is 26.2 Å². The zero-order chi connectivity index (χ0) is 26.9. The predicted octanol–water partition coefficient (Wildman–Crippen LogP) is 5.18. The molecule has 0 unspecified atom stereocenters. The average Bonchev–Trinajstić information content (AvgIpc) is 2.81. The van der Waals surface area contributed by atoms with Gasteiger partial charge in [-0.3, -0.25) is 13.9 Å². The maximum atomic E-state index is 13.3. The van der Waals surface area contributed by atoms with E-state index in [0.29, 0.717) is 27.8 Å². The Morgan fingerprint density at radius 3 is 2.42 bits per heavy atom. The Morgan fingerprint density at radius 1 is 1.08 bits per heavy atom. The molecule has 1 N–H and O–H groups in total. The second kappa shape index (κ2) is 13.9. The average molecular weight is 557 g/mol. The third-order valence-corrected chi connectivity index (χ3v) is 7.72. The van der Waals surface area contributed by atoms with E-state index >= 15 is 0 Å². The molecule has 2 rings (SSSR count). The van der Waals surface area contributed by atoms with E-state index in [1.54, 1.807) is 50.2 Å². The fourth-order valence-electron chi connectivity index (χ4n) is 3.80. The summed E-state index contributed by atoms with van der Waals surface area (Å²) in [5.41, 5.74) is 1.93. The van der Waals surface area contributed by atoms with E-state index in [2.05, 4.69) is 5.32 Å². The first kappa shape index (κ1) is 29.9. The van der Waals surface area contributed by atoms with Crippen molar-refractivity contribution in [3.63, 3.8) is 0 Å². The van der Waals surface area contributed by atoms with Crippen molar-refractivity contribution in [2.75, 3.05) is 23.7 Å². The fraction of sp³-hybridized carbons (Fsp3) is 0.462. The number of anilines is 1. The number of carbonyl (C=O) groups is 2. The largest absolute Gasteiger partial charge is 0.354 e. The summed E-state index contributed by atoms with van der Waals surface area (Å²) in [4.78, 5) is 27.6. The van der Waals surface area contributed by atoms with Crippen LogP contribution in [0.5, 0.6) is 0 Å². The van der Waals surface area contributed by atoms with Gasteiger partial charge < -0.3 is 10.2 Å². The Labute approximate surface area is 224 Å². The van der Waals surface area contributed by atoms with Gasteiger partial charge in [-0.05, 0) is 62.1 Å². The lowest BCUT2D eigenvalue weighted by molar-refractivity contribution is -0.140. The van der Waals surface area contributed by atoms with Gasteiger partial charge in [0.1, 0.15) is 6.04 Å². The van der Waals surface area contributed by atoms with Crippen LogP contribution < -0.4 is 9.62 Å². The van der Waals surface area contributed by atoms with Gasteiger partial charge in [0.2, 0.25) is 21.8 Å². The van der Waals surface area contributed by atoms with Crippen LogP contribution in [0, 0.1) is 6.92 Å². The van der Waals surface area contributed by atoms with E-state index in [1.165, 1.54) is 9.21 Å². The van der Waals surface area contributed by atoms with Crippen LogP contribution in [0.25, 0.3) is 0 Å². The normalized spacial score (nSPS) is 12.2. The number of hydrogen-bond acceptors (Lipinski definition) is 4. The molecular formula is C26H35Cl2N3O4S. The second-order valence-corrected chi connectivity index (χ2v) is 11.5. The summed E-state index contributed by atoms with van der Waals surface area (Å²) >= 11 is 12.3. The zero-order valence-electron chi connectivity index (χ0n) is 21.3. The number of nitrogens with zero attached hydrogens (tertiary/aromatic N) is 2. The molecule has 0 radical (unpaired) electrons. The summed E-state index contributed by atoms with van der Waals surface area (Å²) in [6.45, 7) is 6.35. The van der Waals surface area contributed by atoms with E-state index < -0.39 is 16.1 Å². The SMILES string of the molecule is CCCCNC(=O)[C@H](C)N(Cc1cccc(Cl)c1)C(=O)CCCN(c1cccc(Cl)c1C)S(C)(=O)=O. The molecule has 0 saturated carbocycles. The number of unbranched alkanes of at least 4 members (excludes halogenated alkanes) is 1. The van der Waals surface area contributed by atoms with E-state index in [4.69, 9.17) is 23.2 Å². The molecular weight excluding hydrogens is 521 g/mol. The predicted molar refractivity (Wildman–Crippen MR) is 147 cm³/mol. The molecule has 0 fully saturated rings. The topological polar surface area (TPSA) is 86.8 Å². The highest BCUT2D eigenvalue weighted by Gasteiger charge is 2.27. The number of halogens is 2. The van der Waals surface area contributed by atoms with Gasteiger partial charge >= 0.3 is 0 Å². The van der Waals surface area contributed by atoms with Crippen LogP contribution in [0.15, 0.2) is 42.5 Å². The van der Waals surface area contributed by atoms with E-state index in [0.717, 1.165) is 24.7 Å². The molecule has 0 aliphatic carbocycles. The number of nitrogens with one attached hydrogen (secondary N) is 1. The van der Waals surface area contributed by atoms with Crippen molar-refractivity contribution >= 4 is 50.7 Å². The molecule has 0 aromatic heterocycles. The molecule has 36 heavy (non-hydrogen) atoms. The number of benzene rings is 2. The van der Waals surface area contributed by atoms with Gasteiger partial charge in [0.25, 0.3) is 0 Å². The van der Waals surface area contributed by atoms with Crippen LogP contribution in [0.1, 0.15) is 50.7 Å². The zero-order valence-corrected chi connectivity index (χ0v) is 23.6. The number of hydrogen-bond donors (Lipinski definition) is 1. The smallest absolute Gasteiger partial charge is 0.242 e. The molecule has 0 aliphatic heterocycles. The molecule has 0 saturated heterocycles. The Hall–Kier alpha value is -2.29. The van der Waals surface area contributed by atoms with Crippen molar-refractivity contribution in [3.8, 4) is 0 Å². The van der Waals surface area contributed by atoms with E-state index in [-0.39, 0.29) is 37.7 Å². The number of amides is 2. The molecule has 2 aromatic rings. The lowest BCUT2D eigenvalue weighted by Crippen LogP contribution is -2.48. The molecule has 0 spiro atoms. The van der Waals surface area contributed by atoms with Crippen LogP contribution >= 0.6 is 23.2 Å². The number of sulfonamides is 1. The maximum Gasteiger partial charge on any atom is 0.242 e. The number of rotatable bonds is 13. The summed E-state index contributed by atoms with van der Waals surface area (Å²) in [6, 6.07) is 11.5. The highest BCUT2D eigenvalue weighted by Crippen LogP contribution is 2.28. The van der Waals surface area contributed by atoms with Crippen molar-refractivity contribution in [1.29, 1.82) is 0 Å². The Balaban J connectivity index is 2.18. The van der Waals surface area contributed by atoms with Gasteiger partial charge in [-0.1, -0.05) is 54.7 Å². The molecule has 10 heteroatoms. The molecule has 0 heterocycles. The van der Waals surface area contributed by atoms with Gasteiger partial charge in [-0.2, -0.15) is 0 Å². The van der Waals surface area contributed by atoms with E-state index in [1.807, 2.05) is 13.0 Å². The first-order chi connectivity index (χ1) is 17.0. The van der Waals surface area contributed by atoms with Gasteiger partial charge in [0.15, 0.2) is 0 Å². The Kier molecular flexibility index (Phi) is 11.5. The van der Waals surface area contributed by atoms with Crippen LogP contribution in [0.3, 0.4) is 0 Å². The van der Waals surface area contributed by atoms with Crippen LogP contribution in [0.4, 0.5) is 5.69 Å². The third kappa shape index (κ3) is 8.68. The first-order valence-electron chi connectivity index (χ1n) is 12.0. The first-order valence-corrected chi connectivity index (χ1v) is 14.6. The van der Waals surface area contributed by atoms with Crippen molar-refractivity contribution in [1.82, 2.24) is 10.2 Å². The minimum atomic E-state index is -3.60. The fourth-order valence-corrected chi connectivity index (χ4v) is 5.20. The summed E-state index contributed by atoms with van der Waals surface area (Å²) in [5.74, 6) is -0.476. The molecule has 1 atom stereocenters. The highest BCUT2D eigenvalue weighted by molar-refractivity contribution is 7.92. The minimum Gasteiger partial charge on any atom is -0.354 e. The molecule has 2 aromatic carbocycles. The Bertz CT molecular complexity index is 1160. The van der Waals surface area contributed by atoms with Crippen molar-refractivity contribution < 1.29 is 18.0 Å². The molecule has 198 valence electrons. The molecule has 2 amide bonds. The highest BCUT2D eigenvalue weighted by atomic mass is 35.5. The van der Waals surface area contributed by atoms with Crippen molar-refractivity contribution in [2.45, 2.75) is 59.0 Å². The molecule has 0 aliphatic rings. The Morgan fingerprint density at radius 2 is 1.78 bits per heavy atom. The van der Waals surface area contributed by atoms with Crippen molar-refractivity contribution in [3.05, 3.63) is 63.6 Å². The quantitative estimate of drug-likeness (QED) is 0.345. The molecule has 7 nitrogen and oxygen atoms in total. The molecule has 0 bridgehead atoms. The number of carbonyl (C=O) groups excluding carboxylic acids is 2.